The van der Waals surface area contributed by atoms with Gasteiger partial charge in [-0.2, -0.15) is 0 Å². The fraction of sp³-hybridized carbons (Fsp3) is 0.333. The second-order valence-electron chi connectivity index (χ2n) is 5.51. The highest BCUT2D eigenvalue weighted by atomic mass is 35.5. The van der Waals surface area contributed by atoms with Gasteiger partial charge in [-0.05, 0) is 50.2 Å². The van der Waals surface area contributed by atoms with Gasteiger partial charge >= 0.3 is 5.97 Å². The van der Waals surface area contributed by atoms with Gasteiger partial charge in [-0.25, -0.2) is 4.79 Å². The van der Waals surface area contributed by atoms with Crippen LogP contribution in [0, 0.1) is 6.92 Å². The van der Waals surface area contributed by atoms with Crippen LogP contribution >= 0.6 is 11.6 Å². The molecule has 0 atom stereocenters. The van der Waals surface area contributed by atoms with Crippen molar-refractivity contribution in [1.82, 2.24) is 5.32 Å². The van der Waals surface area contributed by atoms with Crippen LogP contribution in [0.3, 0.4) is 0 Å². The summed E-state index contributed by atoms with van der Waals surface area (Å²) in [6, 6.07) is 8.65. The highest BCUT2D eigenvalue weighted by Gasteiger charge is 2.14. The van der Waals surface area contributed by atoms with Crippen LogP contribution in [0.25, 0.3) is 0 Å². The summed E-state index contributed by atoms with van der Waals surface area (Å²) in [6.07, 6.45) is 1.09. The minimum atomic E-state index is -0.411. The van der Waals surface area contributed by atoms with E-state index in [1.54, 1.807) is 37.3 Å². The summed E-state index contributed by atoms with van der Waals surface area (Å²) in [5.74, 6) is 0.729. The maximum atomic E-state index is 11.8. The van der Waals surface area contributed by atoms with Gasteiger partial charge in [0.2, 0.25) is 5.91 Å². The number of nitrogens with one attached hydrogen (secondary N) is 2. The summed E-state index contributed by atoms with van der Waals surface area (Å²) in [5.41, 5.74) is 1.16. The third kappa shape index (κ3) is 5.92. The Kier molecular flexibility index (Phi) is 7.03. The molecule has 1 amide bonds. The molecule has 0 radical (unpaired) electrons. The summed E-state index contributed by atoms with van der Waals surface area (Å²) in [7, 11) is 1.34. The predicted octanol–water partition coefficient (Wildman–Crippen LogP) is 3.54. The van der Waals surface area contributed by atoms with E-state index in [4.69, 9.17) is 16.0 Å². The van der Waals surface area contributed by atoms with E-state index < -0.39 is 5.97 Å². The van der Waals surface area contributed by atoms with Crippen molar-refractivity contribution in [2.75, 3.05) is 19.0 Å². The SMILES string of the molecule is COC(=O)c1cc(CNCCCC(=O)Nc2ccc(Cl)cc2)oc1C. The summed E-state index contributed by atoms with van der Waals surface area (Å²) in [6.45, 7) is 2.86. The molecule has 0 spiro atoms. The quantitative estimate of drug-likeness (QED) is 0.553. The monoisotopic (exact) mass is 364 g/mol. The van der Waals surface area contributed by atoms with Gasteiger partial charge in [-0.3, -0.25) is 4.79 Å². The summed E-state index contributed by atoms with van der Waals surface area (Å²) >= 11 is 5.80. The molecule has 6 nitrogen and oxygen atoms in total. The Labute approximate surface area is 151 Å². The van der Waals surface area contributed by atoms with Crippen molar-refractivity contribution in [2.45, 2.75) is 26.3 Å². The van der Waals surface area contributed by atoms with Crippen molar-refractivity contribution in [3.8, 4) is 0 Å². The number of carbonyl (C=O) groups is 2. The van der Waals surface area contributed by atoms with Crippen molar-refractivity contribution < 1.29 is 18.7 Å². The summed E-state index contributed by atoms with van der Waals surface area (Å²) in [5, 5.41) is 6.63. The van der Waals surface area contributed by atoms with Crippen LogP contribution in [-0.2, 0) is 16.1 Å². The molecule has 7 heteroatoms. The number of rotatable bonds is 8. The Hall–Kier alpha value is -2.31. The molecule has 1 aromatic heterocycles. The smallest absolute Gasteiger partial charge is 0.341 e. The van der Waals surface area contributed by atoms with E-state index in [-0.39, 0.29) is 5.91 Å². The van der Waals surface area contributed by atoms with Gasteiger partial charge in [-0.15, -0.1) is 0 Å². The number of esters is 1. The molecule has 0 saturated heterocycles. The molecule has 1 aromatic carbocycles. The van der Waals surface area contributed by atoms with E-state index >= 15 is 0 Å². The largest absolute Gasteiger partial charge is 0.465 e. The summed E-state index contributed by atoms with van der Waals surface area (Å²) < 4.78 is 10.2. The lowest BCUT2D eigenvalue weighted by Crippen LogP contribution is -2.18. The predicted molar refractivity (Wildman–Crippen MR) is 95.8 cm³/mol. The molecule has 0 aliphatic rings. The van der Waals surface area contributed by atoms with Gasteiger partial charge in [0.15, 0.2) is 0 Å². The average Bonchev–Trinajstić information content (AvgIpc) is 2.96. The topological polar surface area (TPSA) is 80.6 Å². The molecule has 2 aromatic rings. The second kappa shape index (κ2) is 9.25. The third-order valence-corrected chi connectivity index (χ3v) is 3.81. The Morgan fingerprint density at radius 3 is 2.64 bits per heavy atom. The number of hydrogen-bond donors (Lipinski definition) is 2. The first-order valence-electron chi connectivity index (χ1n) is 7.93. The van der Waals surface area contributed by atoms with E-state index in [0.29, 0.717) is 48.0 Å². The number of anilines is 1. The maximum absolute atomic E-state index is 11.8. The van der Waals surface area contributed by atoms with Crippen molar-refractivity contribution >= 4 is 29.2 Å². The molecule has 1 heterocycles. The zero-order chi connectivity index (χ0) is 18.2. The van der Waals surface area contributed by atoms with Crippen molar-refractivity contribution in [1.29, 1.82) is 0 Å². The number of carbonyl (C=O) groups excluding carboxylic acids is 2. The highest BCUT2D eigenvalue weighted by Crippen LogP contribution is 2.16. The molecule has 0 bridgehead atoms. The van der Waals surface area contributed by atoms with Gasteiger partial charge in [-0.1, -0.05) is 11.6 Å². The van der Waals surface area contributed by atoms with E-state index in [2.05, 4.69) is 15.4 Å². The van der Waals surface area contributed by atoms with Crippen LogP contribution < -0.4 is 10.6 Å². The van der Waals surface area contributed by atoms with Crippen molar-refractivity contribution in [3.63, 3.8) is 0 Å². The molecule has 0 fully saturated rings. The third-order valence-electron chi connectivity index (χ3n) is 3.56. The number of amides is 1. The van der Waals surface area contributed by atoms with Gasteiger partial charge < -0.3 is 19.8 Å². The first kappa shape index (κ1) is 19.0. The maximum Gasteiger partial charge on any atom is 0.341 e. The number of benzene rings is 1. The Morgan fingerprint density at radius 1 is 1.24 bits per heavy atom. The molecule has 2 N–H and O–H groups in total. The number of ether oxygens (including phenoxy) is 1. The Morgan fingerprint density at radius 2 is 1.96 bits per heavy atom. The van der Waals surface area contributed by atoms with Gasteiger partial charge in [0.05, 0.1) is 13.7 Å². The highest BCUT2D eigenvalue weighted by molar-refractivity contribution is 6.30. The van der Waals surface area contributed by atoms with E-state index in [9.17, 15) is 9.59 Å². The van der Waals surface area contributed by atoms with Crippen LogP contribution in [0.2, 0.25) is 5.02 Å². The Bertz CT molecular complexity index is 725. The van der Waals surface area contributed by atoms with E-state index in [1.807, 2.05) is 0 Å². The molecule has 0 unspecified atom stereocenters. The van der Waals surface area contributed by atoms with Crippen LogP contribution in [0.15, 0.2) is 34.7 Å². The molecule has 0 aliphatic heterocycles. The minimum absolute atomic E-state index is 0.0501. The molecular formula is C18H21ClN2O4. The van der Waals surface area contributed by atoms with E-state index in [0.717, 1.165) is 5.69 Å². The lowest BCUT2D eigenvalue weighted by atomic mass is 10.2. The van der Waals surface area contributed by atoms with Crippen LogP contribution in [-0.4, -0.2) is 25.5 Å². The molecule has 0 saturated carbocycles. The van der Waals surface area contributed by atoms with E-state index in [1.165, 1.54) is 7.11 Å². The van der Waals surface area contributed by atoms with Gasteiger partial charge in [0.1, 0.15) is 17.1 Å². The Balaban J connectivity index is 1.67. The van der Waals surface area contributed by atoms with Crippen molar-refractivity contribution in [2.24, 2.45) is 0 Å². The first-order valence-corrected chi connectivity index (χ1v) is 8.31. The number of halogens is 1. The fourth-order valence-electron chi connectivity index (χ4n) is 2.29. The number of hydrogen-bond acceptors (Lipinski definition) is 5. The lowest BCUT2D eigenvalue weighted by molar-refractivity contribution is -0.116. The molecule has 134 valence electrons. The fourth-order valence-corrected chi connectivity index (χ4v) is 2.41. The lowest BCUT2D eigenvalue weighted by Gasteiger charge is -2.06. The average molecular weight is 365 g/mol. The number of furan rings is 1. The van der Waals surface area contributed by atoms with Gasteiger partial charge in [0, 0.05) is 17.1 Å². The number of methoxy groups -OCH3 is 1. The second-order valence-corrected chi connectivity index (χ2v) is 5.95. The molecular weight excluding hydrogens is 344 g/mol. The summed E-state index contributed by atoms with van der Waals surface area (Å²) in [4.78, 5) is 23.4. The van der Waals surface area contributed by atoms with Crippen LogP contribution in [0.1, 0.15) is 34.7 Å². The van der Waals surface area contributed by atoms with Crippen molar-refractivity contribution in [3.05, 3.63) is 52.4 Å². The zero-order valence-corrected chi connectivity index (χ0v) is 15.0. The normalized spacial score (nSPS) is 10.5. The standard InChI is InChI=1S/C18H21ClN2O4/c1-12-16(18(23)24-2)10-15(25-12)11-20-9-3-4-17(22)21-14-7-5-13(19)6-8-14/h5-8,10,20H,3-4,9,11H2,1-2H3,(H,21,22). The molecule has 2 rings (SSSR count). The van der Waals surface area contributed by atoms with Crippen LogP contribution in [0.4, 0.5) is 5.69 Å². The minimum Gasteiger partial charge on any atom is -0.465 e. The number of aryl methyl sites for hydroxylation is 1. The first-order chi connectivity index (χ1) is 12.0. The van der Waals surface area contributed by atoms with Gasteiger partial charge in [0.25, 0.3) is 0 Å². The molecule has 0 aliphatic carbocycles. The zero-order valence-electron chi connectivity index (χ0n) is 14.2. The molecule has 25 heavy (non-hydrogen) atoms. The van der Waals surface area contributed by atoms with Crippen LogP contribution in [0.5, 0.6) is 0 Å².